The Balaban J connectivity index is 2.08. The van der Waals surface area contributed by atoms with Gasteiger partial charge in [-0.2, -0.15) is 5.26 Å². The fourth-order valence-electron chi connectivity index (χ4n) is 2.37. The largest absolute Gasteiger partial charge is 0.239 e. The minimum atomic E-state index is -2.93. The van der Waals surface area contributed by atoms with E-state index in [4.69, 9.17) is 5.26 Å². The van der Waals surface area contributed by atoms with Crippen molar-refractivity contribution in [1.82, 2.24) is 0 Å². The Hall–Kier alpha value is -2.90. The fraction of sp³-hybridized carbons (Fsp3) is 0. The summed E-state index contributed by atoms with van der Waals surface area (Å²) in [5.41, 5.74) is 2.11. The molecule has 0 N–H and O–H groups in total. The molecule has 0 spiro atoms. The molecule has 0 aliphatic heterocycles. The molecule has 23 heavy (non-hydrogen) atoms. The van der Waals surface area contributed by atoms with Gasteiger partial charge in [0.2, 0.25) is 6.19 Å². The second-order valence-electron chi connectivity index (χ2n) is 4.92. The smallest absolute Gasteiger partial charge is 0.215 e. The number of rotatable bonds is 3. The van der Waals surface area contributed by atoms with Gasteiger partial charge in [-0.05, 0) is 35.4 Å². The molecule has 0 saturated heterocycles. The summed E-state index contributed by atoms with van der Waals surface area (Å²) in [7, 11) is -2.93. The normalized spacial score (nSPS) is 12.8. The van der Waals surface area contributed by atoms with Gasteiger partial charge in [-0.15, -0.1) is 4.36 Å². The van der Waals surface area contributed by atoms with E-state index in [2.05, 4.69) is 4.36 Å². The zero-order valence-electron chi connectivity index (χ0n) is 12.3. The molecule has 1 atom stereocenters. The van der Waals surface area contributed by atoms with Crippen molar-refractivity contribution in [2.24, 2.45) is 4.36 Å². The van der Waals surface area contributed by atoms with Crippen LogP contribution in [-0.4, -0.2) is 4.21 Å². The van der Waals surface area contributed by atoms with Crippen LogP contribution >= 0.6 is 0 Å². The maximum Gasteiger partial charge on any atom is 0.215 e. The minimum absolute atomic E-state index is 0.532. The van der Waals surface area contributed by atoms with Crippen LogP contribution in [0.3, 0.4) is 0 Å². The summed E-state index contributed by atoms with van der Waals surface area (Å²) in [5, 5.41) is 8.96. The lowest BCUT2D eigenvalue weighted by Gasteiger charge is -2.10. The van der Waals surface area contributed by atoms with Crippen LogP contribution in [0.5, 0.6) is 0 Å². The molecular weight excluding hydrogens is 304 g/mol. The Morgan fingerprint density at radius 2 is 1.17 bits per heavy atom. The van der Waals surface area contributed by atoms with Crippen LogP contribution in [0.1, 0.15) is 0 Å². The van der Waals surface area contributed by atoms with Crippen LogP contribution in [0, 0.1) is 11.5 Å². The highest BCUT2D eigenvalue weighted by Crippen LogP contribution is 2.26. The number of hydrogen-bond donors (Lipinski definition) is 0. The minimum Gasteiger partial charge on any atom is -0.239 e. The third-order valence-corrected chi connectivity index (χ3v) is 5.67. The van der Waals surface area contributed by atoms with Crippen molar-refractivity contribution in [2.75, 3.05) is 0 Å². The molecular formula is C19H14N2OS. The molecule has 3 aromatic carbocycles. The summed E-state index contributed by atoms with van der Waals surface area (Å²) in [6.07, 6.45) is 1.70. The number of benzene rings is 3. The first-order valence-electron chi connectivity index (χ1n) is 7.10. The molecule has 0 aliphatic carbocycles. The molecule has 0 heterocycles. The summed E-state index contributed by atoms with van der Waals surface area (Å²) < 4.78 is 17.0. The van der Waals surface area contributed by atoms with Crippen molar-refractivity contribution in [2.45, 2.75) is 9.79 Å². The quantitative estimate of drug-likeness (QED) is 0.656. The molecule has 4 heteroatoms. The predicted molar refractivity (Wildman–Crippen MR) is 91.0 cm³/mol. The molecule has 112 valence electrons. The Morgan fingerprint density at radius 1 is 0.696 bits per heavy atom. The van der Waals surface area contributed by atoms with Crippen LogP contribution in [0.4, 0.5) is 0 Å². The van der Waals surface area contributed by atoms with Crippen molar-refractivity contribution in [1.29, 1.82) is 5.26 Å². The van der Waals surface area contributed by atoms with Crippen molar-refractivity contribution in [3.8, 4) is 17.3 Å². The Morgan fingerprint density at radius 3 is 1.74 bits per heavy atom. The molecule has 0 amide bonds. The van der Waals surface area contributed by atoms with E-state index in [1.54, 1.807) is 42.6 Å². The highest BCUT2D eigenvalue weighted by molar-refractivity contribution is 7.93. The van der Waals surface area contributed by atoms with E-state index in [1.807, 2.05) is 48.5 Å². The van der Waals surface area contributed by atoms with E-state index >= 15 is 0 Å². The molecule has 0 aromatic heterocycles. The Bertz CT molecular complexity index is 950. The standard InChI is InChI=1S/C19H14N2OS/c20-15-21-23(22,18-9-5-2-6-10-18)19-13-11-17(12-14-19)16-7-3-1-4-8-16/h1-14H. The molecule has 0 bridgehead atoms. The highest BCUT2D eigenvalue weighted by atomic mass is 32.2. The summed E-state index contributed by atoms with van der Waals surface area (Å²) in [4.78, 5) is 1.07. The fourth-order valence-corrected chi connectivity index (χ4v) is 4.00. The maximum absolute atomic E-state index is 13.2. The monoisotopic (exact) mass is 318 g/mol. The number of nitriles is 1. The van der Waals surface area contributed by atoms with Crippen molar-refractivity contribution in [3.05, 3.63) is 84.9 Å². The first-order valence-corrected chi connectivity index (χ1v) is 8.61. The molecule has 0 radical (unpaired) electrons. The molecule has 0 fully saturated rings. The maximum atomic E-state index is 13.2. The molecule has 3 aromatic rings. The third kappa shape index (κ3) is 3.01. The third-order valence-electron chi connectivity index (χ3n) is 3.51. The van der Waals surface area contributed by atoms with Crippen molar-refractivity contribution in [3.63, 3.8) is 0 Å². The van der Waals surface area contributed by atoms with Gasteiger partial charge in [0.05, 0.1) is 9.79 Å². The van der Waals surface area contributed by atoms with Crippen LogP contribution < -0.4 is 0 Å². The van der Waals surface area contributed by atoms with Crippen molar-refractivity contribution >= 4 is 9.73 Å². The van der Waals surface area contributed by atoms with E-state index in [0.717, 1.165) is 11.1 Å². The summed E-state index contributed by atoms with van der Waals surface area (Å²) >= 11 is 0. The van der Waals surface area contributed by atoms with E-state index in [1.165, 1.54) is 0 Å². The first kappa shape index (κ1) is 15.0. The van der Waals surface area contributed by atoms with Gasteiger partial charge in [0.25, 0.3) is 0 Å². The van der Waals surface area contributed by atoms with Gasteiger partial charge in [0.15, 0.2) is 0 Å². The van der Waals surface area contributed by atoms with E-state index in [0.29, 0.717) is 9.79 Å². The van der Waals surface area contributed by atoms with E-state index in [9.17, 15) is 4.21 Å². The lowest BCUT2D eigenvalue weighted by atomic mass is 10.1. The van der Waals surface area contributed by atoms with E-state index in [-0.39, 0.29) is 0 Å². The van der Waals surface area contributed by atoms with Crippen LogP contribution in [0.2, 0.25) is 0 Å². The van der Waals surface area contributed by atoms with Gasteiger partial charge in [0, 0.05) is 0 Å². The zero-order chi connectivity index (χ0) is 16.1. The summed E-state index contributed by atoms with van der Waals surface area (Å²) in [6, 6.07) is 26.2. The number of hydrogen-bond acceptors (Lipinski definition) is 3. The predicted octanol–water partition coefficient (Wildman–Crippen LogP) is 4.72. The zero-order valence-corrected chi connectivity index (χ0v) is 13.1. The Labute approximate surface area is 136 Å². The van der Waals surface area contributed by atoms with Gasteiger partial charge < -0.3 is 0 Å². The second kappa shape index (κ2) is 6.47. The molecule has 3 nitrogen and oxygen atoms in total. The van der Waals surface area contributed by atoms with E-state index < -0.39 is 9.73 Å². The second-order valence-corrected chi connectivity index (χ2v) is 7.10. The van der Waals surface area contributed by atoms with Gasteiger partial charge in [0.1, 0.15) is 9.73 Å². The molecule has 0 aliphatic rings. The molecule has 0 saturated carbocycles. The Kier molecular flexibility index (Phi) is 4.22. The highest BCUT2D eigenvalue weighted by Gasteiger charge is 2.15. The van der Waals surface area contributed by atoms with Gasteiger partial charge in [-0.3, -0.25) is 0 Å². The first-order chi connectivity index (χ1) is 11.2. The van der Waals surface area contributed by atoms with Gasteiger partial charge >= 0.3 is 0 Å². The van der Waals surface area contributed by atoms with Crippen LogP contribution in [0.25, 0.3) is 11.1 Å². The molecule has 1 unspecified atom stereocenters. The topological polar surface area (TPSA) is 53.2 Å². The van der Waals surface area contributed by atoms with Gasteiger partial charge in [-0.25, -0.2) is 4.21 Å². The van der Waals surface area contributed by atoms with Gasteiger partial charge in [-0.1, -0.05) is 60.7 Å². The SMILES string of the molecule is N#CN=S(=O)(c1ccccc1)c1ccc(-c2ccccc2)cc1. The van der Waals surface area contributed by atoms with Crippen LogP contribution in [0.15, 0.2) is 99.1 Å². The van der Waals surface area contributed by atoms with Crippen molar-refractivity contribution < 1.29 is 4.21 Å². The molecule has 3 rings (SSSR count). The lowest BCUT2D eigenvalue weighted by Crippen LogP contribution is -2.01. The summed E-state index contributed by atoms with van der Waals surface area (Å²) in [5.74, 6) is 0. The van der Waals surface area contributed by atoms with Crippen LogP contribution in [-0.2, 0) is 9.73 Å². The average Bonchev–Trinajstić information content (AvgIpc) is 2.63. The number of nitrogens with zero attached hydrogens (tertiary/aromatic N) is 2. The summed E-state index contributed by atoms with van der Waals surface area (Å²) in [6.45, 7) is 0. The average molecular weight is 318 g/mol. The lowest BCUT2D eigenvalue weighted by molar-refractivity contribution is 0.677.